The fourth-order valence-corrected chi connectivity index (χ4v) is 5.51. The molecule has 7 nitrogen and oxygen atoms in total. The first-order chi connectivity index (χ1) is 14.2. The normalized spacial score (nSPS) is 17.0. The van der Waals surface area contributed by atoms with Crippen LogP contribution in [0.1, 0.15) is 24.0 Å². The molecule has 1 saturated heterocycles. The molecule has 1 fully saturated rings. The first kappa shape index (κ1) is 22.5. The van der Waals surface area contributed by atoms with Gasteiger partial charge in [-0.3, -0.25) is 9.59 Å². The third kappa shape index (κ3) is 5.08. The zero-order valence-corrected chi connectivity index (χ0v) is 19.2. The standard InChI is InChI=1S/C21H24BrN3O4S/c1-14-5-8-17(9-6-14)30(28,29)25-11-3-4-19(25)21(27)23-13-20(26)24-18-10-7-16(22)12-15(18)2/h5-10,12,19H,3-4,11,13H2,1-2H3,(H,23,27)(H,24,26)/t19-/m0/s1. The van der Waals surface area contributed by atoms with E-state index in [0.29, 0.717) is 18.5 Å². The van der Waals surface area contributed by atoms with Gasteiger partial charge in [0, 0.05) is 16.7 Å². The average Bonchev–Trinajstić information content (AvgIpc) is 3.19. The van der Waals surface area contributed by atoms with Crippen LogP contribution >= 0.6 is 15.9 Å². The molecular formula is C21H24BrN3O4S. The highest BCUT2D eigenvalue weighted by atomic mass is 79.9. The Bertz CT molecular complexity index is 1050. The van der Waals surface area contributed by atoms with Crippen LogP contribution in [0, 0.1) is 13.8 Å². The lowest BCUT2D eigenvalue weighted by atomic mass is 10.2. The third-order valence-corrected chi connectivity index (χ3v) is 7.44. The van der Waals surface area contributed by atoms with Crippen LogP contribution < -0.4 is 10.6 Å². The number of sulfonamides is 1. The zero-order valence-electron chi connectivity index (χ0n) is 16.8. The van der Waals surface area contributed by atoms with E-state index in [4.69, 9.17) is 0 Å². The molecule has 160 valence electrons. The van der Waals surface area contributed by atoms with Crippen molar-refractivity contribution in [3.8, 4) is 0 Å². The molecular weight excluding hydrogens is 470 g/mol. The number of nitrogens with one attached hydrogen (secondary N) is 2. The molecule has 2 aromatic rings. The molecule has 2 aromatic carbocycles. The minimum atomic E-state index is -3.78. The SMILES string of the molecule is Cc1ccc(S(=O)(=O)N2CCC[C@H]2C(=O)NCC(=O)Nc2ccc(Br)cc2C)cc1. The molecule has 1 heterocycles. The maximum Gasteiger partial charge on any atom is 0.243 e. The molecule has 0 bridgehead atoms. The van der Waals surface area contributed by atoms with Gasteiger partial charge in [-0.15, -0.1) is 0 Å². The number of rotatable bonds is 6. The van der Waals surface area contributed by atoms with E-state index in [9.17, 15) is 18.0 Å². The number of halogens is 1. The van der Waals surface area contributed by atoms with Gasteiger partial charge in [0.25, 0.3) is 0 Å². The third-order valence-electron chi connectivity index (χ3n) is 5.02. The van der Waals surface area contributed by atoms with Gasteiger partial charge < -0.3 is 10.6 Å². The van der Waals surface area contributed by atoms with Gasteiger partial charge in [0.05, 0.1) is 11.4 Å². The van der Waals surface area contributed by atoms with Gasteiger partial charge >= 0.3 is 0 Å². The lowest BCUT2D eigenvalue weighted by molar-refractivity contribution is -0.126. The van der Waals surface area contributed by atoms with Gasteiger partial charge in [-0.25, -0.2) is 8.42 Å². The maximum atomic E-state index is 13.0. The molecule has 0 radical (unpaired) electrons. The van der Waals surface area contributed by atoms with Crippen LogP contribution in [-0.4, -0.2) is 43.7 Å². The number of benzene rings is 2. The molecule has 30 heavy (non-hydrogen) atoms. The molecule has 0 spiro atoms. The van der Waals surface area contributed by atoms with Gasteiger partial charge in [-0.1, -0.05) is 33.6 Å². The van der Waals surface area contributed by atoms with E-state index in [-0.39, 0.29) is 23.9 Å². The minimum Gasteiger partial charge on any atom is -0.346 e. The summed E-state index contributed by atoms with van der Waals surface area (Å²) in [7, 11) is -3.78. The topological polar surface area (TPSA) is 95.6 Å². The number of carbonyl (C=O) groups excluding carboxylic acids is 2. The Balaban J connectivity index is 1.63. The van der Waals surface area contributed by atoms with Crippen molar-refractivity contribution in [2.24, 2.45) is 0 Å². The van der Waals surface area contributed by atoms with Crippen LogP contribution in [0.5, 0.6) is 0 Å². The number of anilines is 1. The predicted octanol–water partition coefficient (Wildman–Crippen LogP) is 2.97. The molecule has 2 N–H and O–H groups in total. The van der Waals surface area contributed by atoms with Crippen molar-refractivity contribution in [2.45, 2.75) is 37.6 Å². The van der Waals surface area contributed by atoms with Gasteiger partial charge in [-0.05, 0) is 62.6 Å². The number of hydrogen-bond acceptors (Lipinski definition) is 4. The van der Waals surface area contributed by atoms with Crippen LogP contribution in [0.4, 0.5) is 5.69 Å². The zero-order chi connectivity index (χ0) is 21.9. The quantitative estimate of drug-likeness (QED) is 0.646. The Morgan fingerprint density at radius 2 is 1.83 bits per heavy atom. The maximum absolute atomic E-state index is 13.0. The van der Waals surface area contributed by atoms with E-state index in [1.807, 2.05) is 26.0 Å². The summed E-state index contributed by atoms with van der Waals surface area (Å²) in [5.41, 5.74) is 2.49. The lowest BCUT2D eigenvalue weighted by Crippen LogP contribution is -2.47. The second kappa shape index (κ2) is 9.28. The minimum absolute atomic E-state index is 0.163. The van der Waals surface area contributed by atoms with Crippen LogP contribution in [0.15, 0.2) is 51.8 Å². The highest BCUT2D eigenvalue weighted by Gasteiger charge is 2.39. The molecule has 9 heteroatoms. The van der Waals surface area contributed by atoms with Crippen molar-refractivity contribution < 1.29 is 18.0 Å². The number of carbonyl (C=O) groups is 2. The summed E-state index contributed by atoms with van der Waals surface area (Å²) in [6.45, 7) is 3.79. The fourth-order valence-electron chi connectivity index (χ4n) is 3.38. The Kier molecular flexibility index (Phi) is 6.95. The molecule has 1 aliphatic heterocycles. The molecule has 0 aromatic heterocycles. The molecule has 3 rings (SSSR count). The van der Waals surface area contributed by atoms with Crippen molar-refractivity contribution in [3.63, 3.8) is 0 Å². The smallest absolute Gasteiger partial charge is 0.243 e. The van der Waals surface area contributed by atoms with E-state index in [1.165, 1.54) is 4.31 Å². The summed E-state index contributed by atoms with van der Waals surface area (Å²) >= 11 is 3.37. The van der Waals surface area contributed by atoms with Crippen molar-refractivity contribution in [1.82, 2.24) is 9.62 Å². The van der Waals surface area contributed by atoms with Crippen molar-refractivity contribution >= 4 is 43.5 Å². The summed E-state index contributed by atoms with van der Waals surface area (Å²) in [6.07, 6.45) is 1.01. The summed E-state index contributed by atoms with van der Waals surface area (Å²) in [6, 6.07) is 11.2. The molecule has 1 aliphatic rings. The first-order valence-electron chi connectivity index (χ1n) is 9.61. The summed E-state index contributed by atoms with van der Waals surface area (Å²) in [4.78, 5) is 25.0. The predicted molar refractivity (Wildman–Crippen MR) is 119 cm³/mol. The van der Waals surface area contributed by atoms with Crippen LogP contribution in [-0.2, 0) is 19.6 Å². The molecule has 0 aliphatic carbocycles. The Morgan fingerprint density at radius 3 is 2.50 bits per heavy atom. The molecule has 2 amide bonds. The number of hydrogen-bond donors (Lipinski definition) is 2. The second-order valence-corrected chi connectivity index (χ2v) is 10.1. The monoisotopic (exact) mass is 493 g/mol. The fraction of sp³-hybridized carbons (Fsp3) is 0.333. The van der Waals surface area contributed by atoms with E-state index in [1.54, 1.807) is 30.3 Å². The lowest BCUT2D eigenvalue weighted by Gasteiger charge is -2.23. The van der Waals surface area contributed by atoms with E-state index in [0.717, 1.165) is 15.6 Å². The van der Waals surface area contributed by atoms with Gasteiger partial charge in [-0.2, -0.15) is 4.31 Å². The van der Waals surface area contributed by atoms with Crippen LogP contribution in [0.25, 0.3) is 0 Å². The van der Waals surface area contributed by atoms with Crippen molar-refractivity contribution in [3.05, 3.63) is 58.1 Å². The summed E-state index contributed by atoms with van der Waals surface area (Å²) in [5.74, 6) is -0.842. The van der Waals surface area contributed by atoms with Crippen molar-refractivity contribution in [1.29, 1.82) is 0 Å². The highest BCUT2D eigenvalue weighted by Crippen LogP contribution is 2.26. The first-order valence-corrected chi connectivity index (χ1v) is 11.8. The highest BCUT2D eigenvalue weighted by molar-refractivity contribution is 9.10. The number of aryl methyl sites for hydroxylation is 2. The summed E-state index contributed by atoms with van der Waals surface area (Å²) in [5, 5.41) is 5.32. The van der Waals surface area contributed by atoms with Crippen LogP contribution in [0.2, 0.25) is 0 Å². The van der Waals surface area contributed by atoms with Crippen LogP contribution in [0.3, 0.4) is 0 Å². The number of amides is 2. The molecule has 0 saturated carbocycles. The van der Waals surface area contributed by atoms with E-state index >= 15 is 0 Å². The van der Waals surface area contributed by atoms with Crippen molar-refractivity contribution in [2.75, 3.05) is 18.4 Å². The molecule has 1 atom stereocenters. The number of nitrogens with zero attached hydrogens (tertiary/aromatic N) is 1. The Labute approximate surface area is 185 Å². The Hall–Kier alpha value is -2.23. The second-order valence-electron chi connectivity index (χ2n) is 7.31. The van der Waals surface area contributed by atoms with Gasteiger partial charge in [0.15, 0.2) is 0 Å². The molecule has 0 unspecified atom stereocenters. The van der Waals surface area contributed by atoms with Gasteiger partial charge in [0.1, 0.15) is 6.04 Å². The largest absolute Gasteiger partial charge is 0.346 e. The Morgan fingerprint density at radius 1 is 1.13 bits per heavy atom. The van der Waals surface area contributed by atoms with E-state index < -0.39 is 22.0 Å². The van der Waals surface area contributed by atoms with E-state index in [2.05, 4.69) is 26.6 Å². The van der Waals surface area contributed by atoms with Gasteiger partial charge in [0.2, 0.25) is 21.8 Å². The summed E-state index contributed by atoms with van der Waals surface area (Å²) < 4.78 is 28.1. The average molecular weight is 494 g/mol.